The Labute approximate surface area is 148 Å². The van der Waals surface area contributed by atoms with E-state index in [2.05, 4.69) is 15.2 Å². The lowest BCUT2D eigenvalue weighted by atomic mass is 10.1. The van der Waals surface area contributed by atoms with E-state index < -0.39 is 11.9 Å². The summed E-state index contributed by atoms with van der Waals surface area (Å²) in [6.45, 7) is 2.49. The molecule has 25 heavy (non-hydrogen) atoms. The van der Waals surface area contributed by atoms with Crippen molar-refractivity contribution < 1.29 is 17.9 Å². The lowest BCUT2D eigenvalue weighted by Gasteiger charge is -2.28. The van der Waals surface area contributed by atoms with E-state index in [0.29, 0.717) is 11.7 Å². The van der Waals surface area contributed by atoms with Crippen LogP contribution >= 0.6 is 11.3 Å². The minimum absolute atomic E-state index is 0.0895. The van der Waals surface area contributed by atoms with E-state index in [1.54, 1.807) is 7.11 Å². The number of hydrogen-bond donors (Lipinski definition) is 1. The molecule has 1 atom stereocenters. The molecule has 8 heteroatoms. The molecule has 136 valence electrons. The summed E-state index contributed by atoms with van der Waals surface area (Å²) in [6, 6.07) is 7.91. The minimum atomic E-state index is -4.40. The van der Waals surface area contributed by atoms with Crippen LogP contribution in [0.3, 0.4) is 0 Å². The maximum absolute atomic E-state index is 12.7. The van der Waals surface area contributed by atoms with E-state index in [1.807, 2.05) is 24.3 Å². The zero-order valence-electron chi connectivity index (χ0n) is 13.8. The highest BCUT2D eigenvalue weighted by Gasteiger charge is 2.34. The molecule has 1 aliphatic heterocycles. The van der Waals surface area contributed by atoms with Gasteiger partial charge in [0.2, 0.25) is 0 Å². The molecule has 1 unspecified atom stereocenters. The Hall–Kier alpha value is -1.80. The molecule has 0 amide bonds. The third-order valence-corrected chi connectivity index (χ3v) is 5.12. The molecule has 2 heterocycles. The fraction of sp³-hybridized carbons (Fsp3) is 0.471. The Kier molecular flexibility index (Phi) is 5.48. The number of likely N-dealkylation sites (tertiary alicyclic amines) is 1. The second-order valence-electron chi connectivity index (χ2n) is 5.95. The minimum Gasteiger partial charge on any atom is -0.497 e. The molecule has 2 aromatic rings. The average molecular weight is 371 g/mol. The molecule has 1 saturated heterocycles. The Morgan fingerprint density at radius 3 is 2.48 bits per heavy atom. The summed E-state index contributed by atoms with van der Waals surface area (Å²) in [7, 11) is 1.62. The highest BCUT2D eigenvalue weighted by molar-refractivity contribution is 7.13. The van der Waals surface area contributed by atoms with Crippen LogP contribution in [0.25, 0.3) is 0 Å². The van der Waals surface area contributed by atoms with Crippen molar-refractivity contribution in [1.82, 2.24) is 9.88 Å². The number of aromatic nitrogens is 1. The highest BCUT2D eigenvalue weighted by Crippen LogP contribution is 2.32. The van der Waals surface area contributed by atoms with Crippen molar-refractivity contribution in [3.63, 3.8) is 0 Å². The fourth-order valence-corrected chi connectivity index (χ4v) is 3.73. The van der Waals surface area contributed by atoms with Crippen molar-refractivity contribution in [2.45, 2.75) is 25.1 Å². The molecular weight excluding hydrogens is 351 g/mol. The summed E-state index contributed by atoms with van der Waals surface area (Å²) in [6.07, 6.45) is -2.12. The summed E-state index contributed by atoms with van der Waals surface area (Å²) < 4.78 is 43.2. The maximum atomic E-state index is 12.7. The van der Waals surface area contributed by atoms with Gasteiger partial charge in [0.25, 0.3) is 0 Å². The molecule has 1 fully saturated rings. The molecule has 3 rings (SSSR count). The van der Waals surface area contributed by atoms with Gasteiger partial charge < -0.3 is 10.1 Å². The second kappa shape index (κ2) is 7.61. The Balaban J connectivity index is 1.72. The number of nitrogens with zero attached hydrogens (tertiary/aromatic N) is 2. The quantitative estimate of drug-likeness (QED) is 0.816. The largest absolute Gasteiger partial charge is 0.497 e. The van der Waals surface area contributed by atoms with Crippen LogP contribution in [0.5, 0.6) is 5.75 Å². The van der Waals surface area contributed by atoms with Crippen LogP contribution in [0.2, 0.25) is 0 Å². The third kappa shape index (κ3) is 4.43. The molecule has 4 nitrogen and oxygen atoms in total. The van der Waals surface area contributed by atoms with E-state index in [4.69, 9.17) is 4.74 Å². The number of nitrogens with one attached hydrogen (secondary N) is 1. The number of hydrogen-bond acceptors (Lipinski definition) is 5. The van der Waals surface area contributed by atoms with Crippen LogP contribution in [0.15, 0.2) is 29.6 Å². The van der Waals surface area contributed by atoms with E-state index in [9.17, 15) is 13.2 Å². The molecule has 0 bridgehead atoms. The first-order valence-corrected chi connectivity index (χ1v) is 9.00. The van der Waals surface area contributed by atoms with Crippen molar-refractivity contribution >= 4 is 16.5 Å². The normalized spacial score (nSPS) is 16.8. The third-order valence-electron chi connectivity index (χ3n) is 4.32. The van der Waals surface area contributed by atoms with Crippen molar-refractivity contribution in [3.05, 3.63) is 40.9 Å². The molecule has 1 aromatic heterocycles. The van der Waals surface area contributed by atoms with Crippen molar-refractivity contribution in [3.8, 4) is 5.75 Å². The van der Waals surface area contributed by atoms with Gasteiger partial charge in [0.1, 0.15) is 5.75 Å². The van der Waals surface area contributed by atoms with Gasteiger partial charge in [-0.3, -0.25) is 4.90 Å². The first-order valence-electron chi connectivity index (χ1n) is 8.12. The average Bonchev–Trinajstić information content (AvgIpc) is 3.27. The van der Waals surface area contributed by atoms with Crippen LogP contribution in [0, 0.1) is 0 Å². The highest BCUT2D eigenvalue weighted by atomic mass is 32.1. The number of methoxy groups -OCH3 is 1. The summed E-state index contributed by atoms with van der Waals surface area (Å²) in [5.74, 6) is 0.784. The first-order chi connectivity index (χ1) is 12.0. The molecule has 1 aliphatic rings. The smallest absolute Gasteiger partial charge is 0.434 e. The number of halogens is 3. The summed E-state index contributed by atoms with van der Waals surface area (Å²) in [4.78, 5) is 6.00. The molecule has 0 spiro atoms. The van der Waals surface area contributed by atoms with E-state index >= 15 is 0 Å². The summed E-state index contributed by atoms with van der Waals surface area (Å²) in [5.41, 5.74) is 0.268. The van der Waals surface area contributed by atoms with E-state index in [0.717, 1.165) is 54.0 Å². The van der Waals surface area contributed by atoms with Crippen molar-refractivity contribution in [1.29, 1.82) is 0 Å². The van der Waals surface area contributed by atoms with Crippen molar-refractivity contribution in [2.75, 3.05) is 32.1 Å². The van der Waals surface area contributed by atoms with Gasteiger partial charge in [0.05, 0.1) is 13.2 Å². The van der Waals surface area contributed by atoms with E-state index in [-0.39, 0.29) is 6.04 Å². The van der Waals surface area contributed by atoms with Crippen LogP contribution in [-0.2, 0) is 6.18 Å². The maximum Gasteiger partial charge on any atom is 0.434 e. The number of rotatable bonds is 6. The zero-order valence-corrected chi connectivity index (χ0v) is 14.7. The van der Waals surface area contributed by atoms with E-state index in [1.165, 1.54) is 0 Å². The standard InChI is InChI=1S/C17H20F3N3OS/c1-24-13-6-4-12(5-7-13)14(23-8-2-3-9-23)10-21-16-22-15(11-25-16)17(18,19)20/h4-7,11,14H,2-3,8-10H2,1H3,(H,21,22). The number of alkyl halides is 3. The van der Waals surface area contributed by atoms with Crippen LogP contribution < -0.4 is 10.1 Å². The van der Waals surface area contributed by atoms with Gasteiger partial charge in [-0.05, 0) is 43.6 Å². The van der Waals surface area contributed by atoms with Crippen molar-refractivity contribution in [2.24, 2.45) is 0 Å². The molecular formula is C17H20F3N3OS. The fourth-order valence-electron chi connectivity index (χ4n) is 3.01. The van der Waals surface area contributed by atoms with Gasteiger partial charge >= 0.3 is 6.18 Å². The monoisotopic (exact) mass is 371 g/mol. The van der Waals surface area contributed by atoms with Crippen LogP contribution in [0.4, 0.5) is 18.3 Å². The number of ether oxygens (including phenoxy) is 1. The first kappa shape index (κ1) is 18.0. The number of benzene rings is 1. The molecule has 0 aliphatic carbocycles. The number of thiazole rings is 1. The summed E-state index contributed by atoms with van der Waals surface area (Å²) >= 11 is 0.981. The van der Waals surface area contributed by atoms with Crippen LogP contribution in [-0.4, -0.2) is 36.6 Å². The Morgan fingerprint density at radius 2 is 1.92 bits per heavy atom. The number of anilines is 1. The van der Waals surface area contributed by atoms with Gasteiger partial charge in [0, 0.05) is 11.9 Å². The van der Waals surface area contributed by atoms with Crippen LogP contribution in [0.1, 0.15) is 30.1 Å². The predicted molar refractivity (Wildman–Crippen MR) is 92.1 cm³/mol. The Bertz CT molecular complexity index is 681. The SMILES string of the molecule is COc1ccc(C(CNc2nc(C(F)(F)F)cs2)N2CCCC2)cc1. The van der Waals surface area contributed by atoms with Gasteiger partial charge in [-0.1, -0.05) is 12.1 Å². The molecule has 1 N–H and O–H groups in total. The molecule has 0 saturated carbocycles. The summed E-state index contributed by atoms with van der Waals surface area (Å²) in [5, 5.41) is 4.41. The lowest BCUT2D eigenvalue weighted by molar-refractivity contribution is -0.140. The zero-order chi connectivity index (χ0) is 17.9. The van der Waals surface area contributed by atoms with Gasteiger partial charge in [0.15, 0.2) is 10.8 Å². The predicted octanol–water partition coefficient (Wildman–Crippen LogP) is 4.42. The lowest BCUT2D eigenvalue weighted by Crippen LogP contribution is -2.31. The van der Waals surface area contributed by atoms with Gasteiger partial charge in [-0.2, -0.15) is 13.2 Å². The Morgan fingerprint density at radius 1 is 1.24 bits per heavy atom. The second-order valence-corrected chi connectivity index (χ2v) is 6.81. The van der Waals surface area contributed by atoms with Gasteiger partial charge in [-0.25, -0.2) is 4.98 Å². The topological polar surface area (TPSA) is 37.4 Å². The van der Waals surface area contributed by atoms with Gasteiger partial charge in [-0.15, -0.1) is 11.3 Å². The molecule has 0 radical (unpaired) electrons. The molecule has 1 aromatic carbocycles.